The Morgan fingerprint density at radius 3 is 2.86 bits per heavy atom. The Morgan fingerprint density at radius 1 is 1.50 bits per heavy atom. The molecule has 1 saturated heterocycles. The largest absolute Gasteiger partial charge is 0.488 e. The normalized spacial score (nSPS) is 20.3. The van der Waals surface area contributed by atoms with Gasteiger partial charge in [0, 0.05) is 25.4 Å². The van der Waals surface area contributed by atoms with Gasteiger partial charge in [0.05, 0.1) is 18.8 Å². The monoisotopic (exact) mass is 334 g/mol. The second-order valence-electron chi connectivity index (χ2n) is 4.83. The van der Waals surface area contributed by atoms with Crippen LogP contribution in [0, 0.1) is 5.82 Å². The Morgan fingerprint density at radius 2 is 2.27 bits per heavy atom. The minimum atomic E-state index is -0.552. The fourth-order valence-electron chi connectivity index (χ4n) is 2.08. The summed E-state index contributed by atoms with van der Waals surface area (Å²) in [6, 6.07) is 3.76. The van der Waals surface area contributed by atoms with Crippen LogP contribution in [0.2, 0.25) is 0 Å². The molecule has 0 radical (unpaired) electrons. The number of aliphatic hydroxyl groups excluding tert-OH is 1. The zero-order chi connectivity index (χ0) is 15.2. The highest BCUT2D eigenvalue weighted by atomic mass is 35.5. The van der Waals surface area contributed by atoms with Crippen LogP contribution < -0.4 is 15.4 Å². The first-order valence-corrected chi connectivity index (χ1v) is 6.73. The number of aliphatic hydroxyl groups is 1. The van der Waals surface area contributed by atoms with Crippen molar-refractivity contribution in [3.05, 3.63) is 24.0 Å². The molecule has 1 aliphatic heterocycles. The highest BCUT2D eigenvalue weighted by Gasteiger charge is 2.28. The number of carbonyl (C=O) groups is 1. The van der Waals surface area contributed by atoms with E-state index in [-0.39, 0.29) is 30.7 Å². The molecule has 22 heavy (non-hydrogen) atoms. The molecule has 1 amide bonds. The lowest BCUT2D eigenvalue weighted by molar-refractivity contribution is -0.117. The van der Waals surface area contributed by atoms with E-state index in [4.69, 9.17) is 9.47 Å². The van der Waals surface area contributed by atoms with Gasteiger partial charge in [-0.3, -0.25) is 4.79 Å². The van der Waals surface area contributed by atoms with Gasteiger partial charge in [-0.1, -0.05) is 0 Å². The first-order chi connectivity index (χ1) is 10.1. The van der Waals surface area contributed by atoms with E-state index in [2.05, 4.69) is 10.6 Å². The van der Waals surface area contributed by atoms with Gasteiger partial charge in [0.15, 0.2) is 11.6 Å². The van der Waals surface area contributed by atoms with E-state index >= 15 is 0 Å². The lowest BCUT2D eigenvalue weighted by Gasteiger charge is -2.12. The van der Waals surface area contributed by atoms with Crippen LogP contribution in [-0.4, -0.2) is 50.0 Å². The molecule has 1 aromatic carbocycles. The SMILES string of the molecule is COCCOc1ccc(NC(=O)C2CC(O)CN2)cc1F.Cl. The third kappa shape index (κ3) is 5.10. The molecule has 3 N–H and O–H groups in total. The van der Waals surface area contributed by atoms with Crippen LogP contribution in [0.4, 0.5) is 10.1 Å². The number of ether oxygens (including phenoxy) is 2. The lowest BCUT2D eigenvalue weighted by Crippen LogP contribution is -2.35. The molecule has 0 aliphatic carbocycles. The number of methoxy groups -OCH3 is 1. The Balaban J connectivity index is 0.00000242. The van der Waals surface area contributed by atoms with Crippen LogP contribution in [0.15, 0.2) is 18.2 Å². The van der Waals surface area contributed by atoms with Gasteiger partial charge in [0.2, 0.25) is 5.91 Å². The average molecular weight is 335 g/mol. The summed E-state index contributed by atoms with van der Waals surface area (Å²) in [6.45, 7) is 1.01. The fourth-order valence-corrected chi connectivity index (χ4v) is 2.08. The quantitative estimate of drug-likeness (QED) is 0.675. The van der Waals surface area contributed by atoms with Crippen LogP contribution in [0.3, 0.4) is 0 Å². The number of carbonyl (C=O) groups excluding carboxylic acids is 1. The minimum absolute atomic E-state index is 0. The van der Waals surface area contributed by atoms with E-state index < -0.39 is 18.0 Å². The topological polar surface area (TPSA) is 79.8 Å². The maximum Gasteiger partial charge on any atom is 0.241 e. The number of benzene rings is 1. The molecule has 2 unspecified atom stereocenters. The summed E-state index contributed by atoms with van der Waals surface area (Å²) in [5.41, 5.74) is 0.347. The molecule has 1 aliphatic rings. The van der Waals surface area contributed by atoms with Gasteiger partial charge in [-0.05, 0) is 18.6 Å². The smallest absolute Gasteiger partial charge is 0.241 e. The summed E-state index contributed by atoms with van der Waals surface area (Å²) in [5, 5.41) is 14.9. The second-order valence-corrected chi connectivity index (χ2v) is 4.83. The summed E-state index contributed by atoms with van der Waals surface area (Å²) in [4.78, 5) is 11.9. The molecule has 0 saturated carbocycles. The second kappa shape index (κ2) is 8.89. The molecule has 1 fully saturated rings. The predicted molar refractivity (Wildman–Crippen MR) is 82.1 cm³/mol. The number of rotatable bonds is 6. The molecule has 0 spiro atoms. The van der Waals surface area contributed by atoms with E-state index in [1.807, 2.05) is 0 Å². The van der Waals surface area contributed by atoms with Gasteiger partial charge in [-0.25, -0.2) is 4.39 Å². The number of amides is 1. The average Bonchev–Trinajstić information content (AvgIpc) is 2.88. The summed E-state index contributed by atoms with van der Waals surface area (Å²) >= 11 is 0. The summed E-state index contributed by atoms with van der Waals surface area (Å²) in [6.07, 6.45) is -0.166. The van der Waals surface area contributed by atoms with E-state index in [9.17, 15) is 14.3 Å². The van der Waals surface area contributed by atoms with Crippen LogP contribution in [0.25, 0.3) is 0 Å². The van der Waals surface area contributed by atoms with Crippen molar-refractivity contribution in [2.75, 3.05) is 32.2 Å². The van der Waals surface area contributed by atoms with Crippen LogP contribution in [0.1, 0.15) is 6.42 Å². The van der Waals surface area contributed by atoms with Crippen LogP contribution in [0.5, 0.6) is 5.75 Å². The Hall–Kier alpha value is -1.41. The number of halogens is 2. The molecule has 2 atom stereocenters. The van der Waals surface area contributed by atoms with Crippen molar-refractivity contribution in [3.8, 4) is 5.75 Å². The standard InChI is InChI=1S/C14H19FN2O4.ClH/c1-20-4-5-21-13-3-2-9(6-11(13)15)17-14(19)12-7-10(18)8-16-12;/h2-3,6,10,12,16,18H,4-5,7-8H2,1H3,(H,17,19);1H. The molecule has 124 valence electrons. The third-order valence-corrected chi connectivity index (χ3v) is 3.17. The summed E-state index contributed by atoms with van der Waals surface area (Å²) < 4.78 is 23.8. The maximum atomic E-state index is 13.8. The first-order valence-electron chi connectivity index (χ1n) is 6.73. The number of anilines is 1. The summed E-state index contributed by atoms with van der Waals surface area (Å²) in [7, 11) is 1.53. The summed E-state index contributed by atoms with van der Waals surface area (Å²) in [5.74, 6) is -0.734. The van der Waals surface area contributed by atoms with E-state index in [1.54, 1.807) is 6.07 Å². The van der Waals surface area contributed by atoms with Crippen LogP contribution in [-0.2, 0) is 9.53 Å². The third-order valence-electron chi connectivity index (χ3n) is 3.17. The van der Waals surface area contributed by atoms with Crippen molar-refractivity contribution < 1.29 is 23.8 Å². The highest BCUT2D eigenvalue weighted by Crippen LogP contribution is 2.21. The van der Waals surface area contributed by atoms with Gasteiger partial charge >= 0.3 is 0 Å². The lowest BCUT2D eigenvalue weighted by atomic mass is 10.2. The fraction of sp³-hybridized carbons (Fsp3) is 0.500. The van der Waals surface area contributed by atoms with E-state index in [0.29, 0.717) is 25.3 Å². The molecule has 0 aromatic heterocycles. The number of β-amino-alcohol motifs (C(OH)–C–C–N with tert-alkyl or cyclic N) is 1. The molecular weight excluding hydrogens is 315 g/mol. The molecular formula is C14H20ClFN2O4. The molecule has 1 heterocycles. The van der Waals surface area contributed by atoms with Gasteiger partial charge in [0.1, 0.15) is 6.61 Å². The highest BCUT2D eigenvalue weighted by molar-refractivity contribution is 5.95. The predicted octanol–water partition coefficient (Wildman–Crippen LogP) is 0.934. The van der Waals surface area contributed by atoms with Gasteiger partial charge in [0.25, 0.3) is 0 Å². The molecule has 2 rings (SSSR count). The first kappa shape index (κ1) is 18.6. The van der Waals surface area contributed by atoms with Gasteiger partial charge in [-0.2, -0.15) is 0 Å². The molecule has 1 aromatic rings. The number of hydrogen-bond acceptors (Lipinski definition) is 5. The minimum Gasteiger partial charge on any atom is -0.488 e. The zero-order valence-corrected chi connectivity index (χ0v) is 13.0. The van der Waals surface area contributed by atoms with E-state index in [1.165, 1.54) is 19.2 Å². The maximum absolute atomic E-state index is 13.8. The van der Waals surface area contributed by atoms with E-state index in [0.717, 1.165) is 0 Å². The Kier molecular flexibility index (Phi) is 7.53. The van der Waals surface area contributed by atoms with Crippen molar-refractivity contribution in [2.45, 2.75) is 18.6 Å². The molecule has 0 bridgehead atoms. The van der Waals surface area contributed by atoms with Crippen molar-refractivity contribution in [2.24, 2.45) is 0 Å². The number of hydrogen-bond donors (Lipinski definition) is 3. The molecule has 8 heteroatoms. The Labute approximate surface area is 134 Å². The van der Waals surface area contributed by atoms with Gasteiger partial charge < -0.3 is 25.2 Å². The zero-order valence-electron chi connectivity index (χ0n) is 12.2. The molecule has 6 nitrogen and oxygen atoms in total. The van der Waals surface area contributed by atoms with Crippen molar-refractivity contribution in [3.63, 3.8) is 0 Å². The van der Waals surface area contributed by atoms with Crippen molar-refractivity contribution in [1.29, 1.82) is 0 Å². The van der Waals surface area contributed by atoms with Crippen molar-refractivity contribution in [1.82, 2.24) is 5.32 Å². The van der Waals surface area contributed by atoms with Crippen LogP contribution >= 0.6 is 12.4 Å². The Bertz CT molecular complexity index is 504. The van der Waals surface area contributed by atoms with Gasteiger partial charge in [-0.15, -0.1) is 12.4 Å². The number of nitrogens with one attached hydrogen (secondary N) is 2. The van der Waals surface area contributed by atoms with Crippen molar-refractivity contribution >= 4 is 24.0 Å².